The highest BCUT2D eigenvalue weighted by Crippen LogP contribution is 2.40. The number of ether oxygens (including phenoxy) is 2. The van der Waals surface area contributed by atoms with Crippen LogP contribution in [0, 0.1) is 0 Å². The van der Waals surface area contributed by atoms with Crippen molar-refractivity contribution in [3.63, 3.8) is 0 Å². The van der Waals surface area contributed by atoms with Crippen LogP contribution in [-0.4, -0.2) is 25.4 Å². The predicted octanol–water partition coefficient (Wildman–Crippen LogP) is 2.87. The minimum atomic E-state index is -0.0968. The molecule has 3 heteroatoms. The Bertz CT molecular complexity index is 425. The monoisotopic (exact) mass is 263 g/mol. The van der Waals surface area contributed by atoms with Crippen molar-refractivity contribution in [1.82, 2.24) is 0 Å². The van der Waals surface area contributed by atoms with Gasteiger partial charge in [-0.3, -0.25) is 0 Å². The maximum atomic E-state index is 6.09. The van der Waals surface area contributed by atoms with Gasteiger partial charge in [0, 0.05) is 24.1 Å². The minimum absolute atomic E-state index is 0.0000926. The Morgan fingerprint density at radius 3 is 2.74 bits per heavy atom. The van der Waals surface area contributed by atoms with Crippen LogP contribution < -0.4 is 10.5 Å². The number of nitrogens with two attached hydrogens (primary N) is 1. The van der Waals surface area contributed by atoms with Crippen molar-refractivity contribution in [2.75, 3.05) is 19.8 Å². The second-order valence-corrected chi connectivity index (χ2v) is 6.29. The van der Waals surface area contributed by atoms with Crippen LogP contribution in [0.2, 0.25) is 0 Å². The molecule has 0 saturated heterocycles. The van der Waals surface area contributed by atoms with E-state index in [2.05, 4.69) is 32.9 Å². The molecule has 0 bridgehead atoms. The van der Waals surface area contributed by atoms with Crippen LogP contribution in [0.25, 0.3) is 0 Å². The average Bonchev–Trinajstić information content (AvgIpc) is 2.37. The molecule has 1 atom stereocenters. The third-order valence-corrected chi connectivity index (χ3v) is 3.80. The summed E-state index contributed by atoms with van der Waals surface area (Å²) in [5.41, 5.74) is 7.23. The number of hydrogen-bond acceptors (Lipinski definition) is 3. The average molecular weight is 263 g/mol. The molecule has 19 heavy (non-hydrogen) atoms. The van der Waals surface area contributed by atoms with Crippen molar-refractivity contribution in [3.8, 4) is 5.75 Å². The van der Waals surface area contributed by atoms with Gasteiger partial charge in [-0.2, -0.15) is 0 Å². The lowest BCUT2D eigenvalue weighted by Gasteiger charge is -2.38. The van der Waals surface area contributed by atoms with Gasteiger partial charge in [-0.05, 0) is 39.7 Å². The van der Waals surface area contributed by atoms with Gasteiger partial charge in [0.1, 0.15) is 5.75 Å². The molecule has 2 N–H and O–H groups in total. The largest absolute Gasteiger partial charge is 0.493 e. The maximum absolute atomic E-state index is 6.09. The summed E-state index contributed by atoms with van der Waals surface area (Å²) < 4.78 is 11.6. The molecule has 0 spiro atoms. The van der Waals surface area contributed by atoms with Crippen molar-refractivity contribution < 1.29 is 9.47 Å². The molecule has 1 aliphatic heterocycles. The first kappa shape index (κ1) is 14.4. The third kappa shape index (κ3) is 3.28. The third-order valence-electron chi connectivity index (χ3n) is 3.80. The van der Waals surface area contributed by atoms with Crippen molar-refractivity contribution in [2.24, 2.45) is 5.73 Å². The summed E-state index contributed by atoms with van der Waals surface area (Å²) in [5.74, 6) is 0.981. The van der Waals surface area contributed by atoms with Crippen molar-refractivity contribution in [3.05, 3.63) is 29.8 Å². The van der Waals surface area contributed by atoms with Gasteiger partial charge in [-0.15, -0.1) is 0 Å². The number of fused-ring (bicyclic) bond motifs is 1. The van der Waals surface area contributed by atoms with E-state index in [9.17, 15) is 0 Å². The molecule has 0 fully saturated rings. The van der Waals surface area contributed by atoms with Gasteiger partial charge in [0.15, 0.2) is 0 Å². The van der Waals surface area contributed by atoms with Gasteiger partial charge in [-0.25, -0.2) is 0 Å². The molecule has 0 amide bonds. The van der Waals surface area contributed by atoms with Crippen molar-refractivity contribution in [2.45, 2.75) is 44.6 Å². The maximum Gasteiger partial charge on any atom is 0.123 e. The van der Waals surface area contributed by atoms with Gasteiger partial charge in [0.05, 0.1) is 12.2 Å². The molecule has 1 unspecified atom stereocenters. The zero-order chi connectivity index (χ0) is 13.9. The molecule has 0 aliphatic carbocycles. The number of para-hydroxylation sites is 1. The summed E-state index contributed by atoms with van der Waals surface area (Å²) in [5, 5.41) is 0. The number of rotatable bonds is 4. The molecule has 3 nitrogen and oxygen atoms in total. The van der Waals surface area contributed by atoms with E-state index in [0.29, 0.717) is 6.54 Å². The molecule has 1 heterocycles. The molecule has 106 valence electrons. The fourth-order valence-electron chi connectivity index (χ4n) is 2.65. The molecule has 1 aromatic rings. The highest BCUT2D eigenvalue weighted by Gasteiger charge is 2.36. The molecule has 0 aromatic heterocycles. The van der Waals surface area contributed by atoms with E-state index in [4.69, 9.17) is 15.2 Å². The zero-order valence-corrected chi connectivity index (χ0v) is 12.2. The lowest BCUT2D eigenvalue weighted by molar-refractivity contribution is -0.0138. The lowest BCUT2D eigenvalue weighted by Crippen LogP contribution is -2.41. The van der Waals surface area contributed by atoms with Gasteiger partial charge in [0.2, 0.25) is 0 Å². The van der Waals surface area contributed by atoms with Gasteiger partial charge in [0.25, 0.3) is 0 Å². The van der Waals surface area contributed by atoms with Crippen molar-refractivity contribution in [1.29, 1.82) is 0 Å². The van der Waals surface area contributed by atoms with E-state index >= 15 is 0 Å². The molecule has 0 radical (unpaired) electrons. The van der Waals surface area contributed by atoms with Crippen LogP contribution in [0.15, 0.2) is 24.3 Å². The van der Waals surface area contributed by atoms with Crippen LogP contribution in [-0.2, 0) is 10.2 Å². The summed E-state index contributed by atoms with van der Waals surface area (Å²) in [6, 6.07) is 8.24. The summed E-state index contributed by atoms with van der Waals surface area (Å²) in [6.07, 6.45) is 1.91. The first-order valence-corrected chi connectivity index (χ1v) is 7.03. The van der Waals surface area contributed by atoms with E-state index < -0.39 is 0 Å². The SMILES string of the molecule is CC(C)(C)OCCC1(CN)CCOc2ccccc21. The minimum Gasteiger partial charge on any atom is -0.493 e. The van der Waals surface area contributed by atoms with Gasteiger partial charge in [-0.1, -0.05) is 18.2 Å². The first-order valence-electron chi connectivity index (χ1n) is 7.03. The molecule has 2 rings (SSSR count). The molecule has 0 saturated carbocycles. The standard InChI is InChI=1S/C16H25NO2/c1-15(2,3)19-11-9-16(12-17)8-10-18-14-7-5-4-6-13(14)16/h4-7H,8-12,17H2,1-3H3. The second-order valence-electron chi connectivity index (χ2n) is 6.29. The Morgan fingerprint density at radius 1 is 1.32 bits per heavy atom. The van der Waals surface area contributed by atoms with Gasteiger partial charge >= 0.3 is 0 Å². The highest BCUT2D eigenvalue weighted by atomic mass is 16.5. The van der Waals surface area contributed by atoms with Gasteiger partial charge < -0.3 is 15.2 Å². The lowest BCUT2D eigenvalue weighted by atomic mass is 9.73. The molecular weight excluding hydrogens is 238 g/mol. The van der Waals surface area contributed by atoms with Crippen LogP contribution in [0.1, 0.15) is 39.2 Å². The predicted molar refractivity (Wildman–Crippen MR) is 77.6 cm³/mol. The van der Waals surface area contributed by atoms with Crippen LogP contribution >= 0.6 is 0 Å². The van der Waals surface area contributed by atoms with Crippen LogP contribution in [0.5, 0.6) is 5.75 Å². The fourth-order valence-corrected chi connectivity index (χ4v) is 2.65. The molecule has 1 aliphatic rings. The van der Waals surface area contributed by atoms with Crippen LogP contribution in [0.4, 0.5) is 0 Å². The Balaban J connectivity index is 2.15. The van der Waals surface area contributed by atoms with E-state index in [1.54, 1.807) is 0 Å². The fraction of sp³-hybridized carbons (Fsp3) is 0.625. The van der Waals surface area contributed by atoms with E-state index in [-0.39, 0.29) is 11.0 Å². The van der Waals surface area contributed by atoms with Crippen LogP contribution in [0.3, 0.4) is 0 Å². The zero-order valence-electron chi connectivity index (χ0n) is 12.2. The summed E-state index contributed by atoms with van der Waals surface area (Å²) >= 11 is 0. The topological polar surface area (TPSA) is 44.5 Å². The van der Waals surface area contributed by atoms with E-state index in [0.717, 1.165) is 31.8 Å². The molecular formula is C16H25NO2. The second kappa shape index (κ2) is 5.51. The normalized spacial score (nSPS) is 22.7. The summed E-state index contributed by atoms with van der Waals surface area (Å²) in [4.78, 5) is 0. The van der Waals surface area contributed by atoms with E-state index in [1.165, 1.54) is 5.56 Å². The highest BCUT2D eigenvalue weighted by molar-refractivity contribution is 5.41. The first-order chi connectivity index (χ1) is 8.97. The Morgan fingerprint density at radius 2 is 2.05 bits per heavy atom. The van der Waals surface area contributed by atoms with E-state index in [1.807, 2.05) is 12.1 Å². The Labute approximate surface area is 116 Å². The quantitative estimate of drug-likeness (QED) is 0.908. The Kier molecular flexibility index (Phi) is 4.16. The molecule has 1 aromatic carbocycles. The number of benzene rings is 1. The smallest absolute Gasteiger partial charge is 0.123 e. The number of hydrogen-bond donors (Lipinski definition) is 1. The Hall–Kier alpha value is -1.06. The van der Waals surface area contributed by atoms with Crippen molar-refractivity contribution >= 4 is 0 Å². The summed E-state index contributed by atoms with van der Waals surface area (Å²) in [6.45, 7) is 8.36. The summed E-state index contributed by atoms with van der Waals surface area (Å²) in [7, 11) is 0.